The highest BCUT2D eigenvalue weighted by Crippen LogP contribution is 2.03. The second kappa shape index (κ2) is 6.80. The summed E-state index contributed by atoms with van der Waals surface area (Å²) in [5.74, 6) is 0. The second-order valence-corrected chi connectivity index (χ2v) is 3.94. The molecule has 0 bridgehead atoms. The van der Waals surface area contributed by atoms with Gasteiger partial charge in [-0.2, -0.15) is 5.26 Å². The van der Waals surface area contributed by atoms with E-state index in [4.69, 9.17) is 5.26 Å². The van der Waals surface area contributed by atoms with Crippen LogP contribution in [-0.2, 0) is 0 Å². The molecule has 80 valence electrons. The van der Waals surface area contributed by atoms with Crippen LogP contribution in [0.25, 0.3) is 0 Å². The van der Waals surface area contributed by atoms with E-state index in [0.717, 1.165) is 13.0 Å². The van der Waals surface area contributed by atoms with Crippen LogP contribution in [0, 0.1) is 11.3 Å². The third kappa shape index (κ3) is 4.08. The lowest BCUT2D eigenvalue weighted by atomic mass is 10.2. The average molecular weight is 195 g/mol. The van der Waals surface area contributed by atoms with Gasteiger partial charge < -0.3 is 9.80 Å². The molecule has 0 aromatic carbocycles. The van der Waals surface area contributed by atoms with Crippen LogP contribution in [0.3, 0.4) is 0 Å². The molecule has 1 heterocycles. The number of unbranched alkanes of at least 4 members (excludes halogenated alkanes) is 1. The lowest BCUT2D eigenvalue weighted by Gasteiger charge is -2.34. The van der Waals surface area contributed by atoms with Gasteiger partial charge in [-0.3, -0.25) is 0 Å². The number of hydrogen-bond acceptors (Lipinski definition) is 3. The maximum absolute atomic E-state index is 8.43. The zero-order valence-corrected chi connectivity index (χ0v) is 9.21. The average Bonchev–Trinajstić information content (AvgIpc) is 2.21. The van der Waals surface area contributed by atoms with E-state index in [2.05, 4.69) is 22.8 Å². The fourth-order valence-corrected chi connectivity index (χ4v) is 1.93. The largest absolute Gasteiger partial charge is 0.301 e. The number of rotatable bonds is 5. The van der Waals surface area contributed by atoms with Crippen LogP contribution in [0.4, 0.5) is 0 Å². The van der Waals surface area contributed by atoms with Gasteiger partial charge >= 0.3 is 0 Å². The van der Waals surface area contributed by atoms with Gasteiger partial charge in [0.25, 0.3) is 0 Å². The van der Waals surface area contributed by atoms with E-state index in [9.17, 15) is 0 Å². The van der Waals surface area contributed by atoms with E-state index < -0.39 is 0 Å². The maximum Gasteiger partial charge on any atom is 0.0622 e. The van der Waals surface area contributed by atoms with E-state index in [-0.39, 0.29) is 0 Å². The summed E-state index contributed by atoms with van der Waals surface area (Å²) in [6.45, 7) is 9.37. The molecular formula is C11H21N3. The smallest absolute Gasteiger partial charge is 0.0622 e. The van der Waals surface area contributed by atoms with Gasteiger partial charge in [0.15, 0.2) is 0 Å². The Labute approximate surface area is 87.3 Å². The van der Waals surface area contributed by atoms with Crippen LogP contribution in [0.15, 0.2) is 0 Å². The molecule has 0 aromatic heterocycles. The molecule has 0 aromatic rings. The summed E-state index contributed by atoms with van der Waals surface area (Å²) < 4.78 is 0. The molecule has 1 aliphatic heterocycles. The van der Waals surface area contributed by atoms with Gasteiger partial charge in [0.05, 0.1) is 6.07 Å². The fourth-order valence-electron chi connectivity index (χ4n) is 1.93. The highest BCUT2D eigenvalue weighted by Gasteiger charge is 2.14. The lowest BCUT2D eigenvalue weighted by molar-refractivity contribution is 0.132. The predicted octanol–water partition coefficient (Wildman–Crippen LogP) is 1.32. The minimum Gasteiger partial charge on any atom is -0.301 e. The maximum atomic E-state index is 8.43. The van der Waals surface area contributed by atoms with Crippen molar-refractivity contribution >= 4 is 0 Å². The second-order valence-electron chi connectivity index (χ2n) is 3.94. The summed E-state index contributed by atoms with van der Waals surface area (Å²) in [6.07, 6.45) is 2.99. The minimum absolute atomic E-state index is 0.704. The molecule has 0 unspecified atom stereocenters. The summed E-state index contributed by atoms with van der Waals surface area (Å²) in [5, 5.41) is 8.43. The highest BCUT2D eigenvalue weighted by molar-refractivity contribution is 4.74. The summed E-state index contributed by atoms with van der Waals surface area (Å²) in [6, 6.07) is 2.20. The van der Waals surface area contributed by atoms with Crippen LogP contribution < -0.4 is 0 Å². The first-order valence-electron chi connectivity index (χ1n) is 5.68. The van der Waals surface area contributed by atoms with Crippen molar-refractivity contribution in [2.24, 2.45) is 0 Å². The molecule has 14 heavy (non-hydrogen) atoms. The van der Waals surface area contributed by atoms with E-state index in [0.29, 0.717) is 6.42 Å². The Hall–Kier alpha value is -0.590. The molecule has 0 aliphatic carbocycles. The Bertz CT molecular complexity index is 177. The Balaban J connectivity index is 2.07. The van der Waals surface area contributed by atoms with Crippen molar-refractivity contribution < 1.29 is 0 Å². The number of piperazine rings is 1. The van der Waals surface area contributed by atoms with Gasteiger partial charge in [-0.25, -0.2) is 0 Å². The van der Waals surface area contributed by atoms with E-state index >= 15 is 0 Å². The highest BCUT2D eigenvalue weighted by atomic mass is 15.3. The van der Waals surface area contributed by atoms with Crippen molar-refractivity contribution in [1.29, 1.82) is 5.26 Å². The molecule has 0 atom stereocenters. The zero-order chi connectivity index (χ0) is 10.2. The Morgan fingerprint density at radius 1 is 1.07 bits per heavy atom. The molecule has 0 amide bonds. The fraction of sp³-hybridized carbons (Fsp3) is 0.909. The van der Waals surface area contributed by atoms with Crippen molar-refractivity contribution in [2.75, 3.05) is 39.3 Å². The third-order valence-corrected chi connectivity index (χ3v) is 2.77. The monoisotopic (exact) mass is 195 g/mol. The number of nitrogens with zero attached hydrogens (tertiary/aromatic N) is 3. The number of nitriles is 1. The molecule has 1 saturated heterocycles. The zero-order valence-electron chi connectivity index (χ0n) is 9.21. The standard InChI is InChI=1S/C11H21N3/c1-2-6-13-8-10-14(11-9-13)7-4-3-5-12/h2-4,6-11H2,1H3. The van der Waals surface area contributed by atoms with Crippen LogP contribution in [0.1, 0.15) is 26.2 Å². The first-order chi connectivity index (χ1) is 6.86. The van der Waals surface area contributed by atoms with Gasteiger partial charge in [0.1, 0.15) is 0 Å². The predicted molar refractivity (Wildman–Crippen MR) is 58.0 cm³/mol. The molecule has 1 rings (SSSR count). The first kappa shape index (κ1) is 11.5. The van der Waals surface area contributed by atoms with Gasteiger partial charge in [0.2, 0.25) is 0 Å². The topological polar surface area (TPSA) is 30.3 Å². The third-order valence-electron chi connectivity index (χ3n) is 2.77. The van der Waals surface area contributed by atoms with Crippen molar-refractivity contribution in [3.63, 3.8) is 0 Å². The molecular weight excluding hydrogens is 174 g/mol. The van der Waals surface area contributed by atoms with E-state index in [1.54, 1.807) is 0 Å². The molecule has 1 fully saturated rings. The van der Waals surface area contributed by atoms with Gasteiger partial charge in [-0.1, -0.05) is 6.92 Å². The van der Waals surface area contributed by atoms with Crippen molar-refractivity contribution in [2.45, 2.75) is 26.2 Å². The minimum atomic E-state index is 0.704. The van der Waals surface area contributed by atoms with Gasteiger partial charge in [-0.05, 0) is 25.9 Å². The molecule has 3 nitrogen and oxygen atoms in total. The SMILES string of the molecule is CCCN1CCN(CCCC#N)CC1. The Kier molecular flexibility index (Phi) is 5.58. The molecule has 0 spiro atoms. The Morgan fingerprint density at radius 2 is 1.64 bits per heavy atom. The van der Waals surface area contributed by atoms with Gasteiger partial charge in [0, 0.05) is 32.6 Å². The molecule has 3 heteroatoms. The summed E-state index contributed by atoms with van der Waals surface area (Å²) in [4.78, 5) is 5.00. The van der Waals surface area contributed by atoms with Gasteiger partial charge in [-0.15, -0.1) is 0 Å². The van der Waals surface area contributed by atoms with Crippen molar-refractivity contribution in [3.05, 3.63) is 0 Å². The normalized spacial score (nSPS) is 19.4. The number of hydrogen-bond donors (Lipinski definition) is 0. The summed E-state index contributed by atoms with van der Waals surface area (Å²) >= 11 is 0. The molecule has 0 radical (unpaired) electrons. The lowest BCUT2D eigenvalue weighted by Crippen LogP contribution is -2.46. The summed E-state index contributed by atoms with van der Waals surface area (Å²) in [7, 11) is 0. The first-order valence-corrected chi connectivity index (χ1v) is 5.68. The quantitative estimate of drug-likeness (QED) is 0.620. The van der Waals surface area contributed by atoms with Crippen LogP contribution in [0.5, 0.6) is 0 Å². The Morgan fingerprint density at radius 3 is 2.14 bits per heavy atom. The molecule has 0 N–H and O–H groups in total. The van der Waals surface area contributed by atoms with Crippen LogP contribution >= 0.6 is 0 Å². The van der Waals surface area contributed by atoms with E-state index in [1.807, 2.05) is 0 Å². The van der Waals surface area contributed by atoms with Crippen molar-refractivity contribution in [3.8, 4) is 6.07 Å². The van der Waals surface area contributed by atoms with Crippen molar-refractivity contribution in [1.82, 2.24) is 9.80 Å². The van der Waals surface area contributed by atoms with Crippen LogP contribution in [0.2, 0.25) is 0 Å². The molecule has 1 aliphatic rings. The summed E-state index contributed by atoms with van der Waals surface area (Å²) in [5.41, 5.74) is 0. The molecule has 0 saturated carbocycles. The van der Waals surface area contributed by atoms with E-state index in [1.165, 1.54) is 39.1 Å². The van der Waals surface area contributed by atoms with Crippen LogP contribution in [-0.4, -0.2) is 49.1 Å².